The first-order valence-electron chi connectivity index (χ1n) is 4.83. The van der Waals surface area contributed by atoms with Gasteiger partial charge in [0.05, 0.1) is 0 Å². The van der Waals surface area contributed by atoms with Gasteiger partial charge in [0, 0.05) is 17.1 Å². The van der Waals surface area contributed by atoms with Gasteiger partial charge in [-0.05, 0) is 25.5 Å². The van der Waals surface area contributed by atoms with Crippen molar-refractivity contribution in [2.45, 2.75) is 20.0 Å². The van der Waals surface area contributed by atoms with E-state index in [4.69, 9.17) is 22.1 Å². The van der Waals surface area contributed by atoms with Crippen LogP contribution < -0.4 is 10.5 Å². The molecule has 0 amide bonds. The molecule has 1 unspecified atom stereocenters. The van der Waals surface area contributed by atoms with Gasteiger partial charge in [-0.15, -0.1) is 0 Å². The number of benzene rings is 1. The van der Waals surface area contributed by atoms with Crippen LogP contribution in [0.5, 0.6) is 5.75 Å². The minimum absolute atomic E-state index is 0.193. The molecule has 0 aliphatic rings. The molecule has 1 aromatic carbocycles. The predicted molar refractivity (Wildman–Crippen MR) is 61.5 cm³/mol. The van der Waals surface area contributed by atoms with E-state index in [1.807, 2.05) is 26.0 Å². The van der Waals surface area contributed by atoms with E-state index in [1.54, 1.807) is 0 Å². The fraction of sp³-hybridized carbons (Fsp3) is 0.455. The molecule has 1 atom stereocenters. The molecule has 84 valence electrons. The number of aliphatic hydroxyl groups is 1. The van der Waals surface area contributed by atoms with Crippen LogP contribution in [0.1, 0.15) is 11.1 Å². The zero-order chi connectivity index (χ0) is 11.4. The van der Waals surface area contributed by atoms with Gasteiger partial charge in [0.1, 0.15) is 18.5 Å². The Balaban J connectivity index is 2.80. The van der Waals surface area contributed by atoms with E-state index in [9.17, 15) is 5.11 Å². The number of aliphatic hydroxyl groups excluding tert-OH is 1. The predicted octanol–water partition coefficient (Wildman–Crippen LogP) is 1.66. The maximum absolute atomic E-state index is 9.29. The minimum atomic E-state index is -0.636. The van der Waals surface area contributed by atoms with Gasteiger partial charge in [-0.2, -0.15) is 0 Å². The molecule has 0 aliphatic heterocycles. The van der Waals surface area contributed by atoms with Crippen LogP contribution in [0, 0.1) is 13.8 Å². The first-order chi connectivity index (χ1) is 7.06. The lowest BCUT2D eigenvalue weighted by Crippen LogP contribution is -2.26. The second-order valence-corrected chi connectivity index (χ2v) is 3.93. The molecule has 0 heterocycles. The fourth-order valence-corrected chi connectivity index (χ4v) is 1.42. The molecule has 0 saturated carbocycles. The standard InChI is InChI=1S/C11H16ClNO2/c1-7-3-4-10(12)8(2)11(7)15-6-9(14)5-13/h3-4,9,14H,5-6,13H2,1-2H3. The summed E-state index contributed by atoms with van der Waals surface area (Å²) in [5, 5.41) is 9.95. The zero-order valence-electron chi connectivity index (χ0n) is 8.96. The average molecular weight is 230 g/mol. The van der Waals surface area contributed by atoms with E-state index in [1.165, 1.54) is 0 Å². The van der Waals surface area contributed by atoms with Crippen molar-refractivity contribution in [1.82, 2.24) is 0 Å². The van der Waals surface area contributed by atoms with Gasteiger partial charge >= 0.3 is 0 Å². The fourth-order valence-electron chi connectivity index (χ4n) is 1.27. The van der Waals surface area contributed by atoms with Crippen LogP contribution in [0.15, 0.2) is 12.1 Å². The minimum Gasteiger partial charge on any atom is -0.490 e. The second-order valence-electron chi connectivity index (χ2n) is 3.52. The monoisotopic (exact) mass is 229 g/mol. The van der Waals surface area contributed by atoms with E-state index >= 15 is 0 Å². The van der Waals surface area contributed by atoms with Crippen LogP contribution in [0.3, 0.4) is 0 Å². The molecular weight excluding hydrogens is 214 g/mol. The lowest BCUT2D eigenvalue weighted by atomic mass is 10.1. The number of aryl methyl sites for hydroxylation is 1. The Kier molecular flexibility index (Phi) is 4.39. The lowest BCUT2D eigenvalue weighted by molar-refractivity contribution is 0.113. The topological polar surface area (TPSA) is 55.5 Å². The summed E-state index contributed by atoms with van der Waals surface area (Å²) >= 11 is 5.97. The van der Waals surface area contributed by atoms with Crippen molar-refractivity contribution >= 4 is 11.6 Å². The Labute approximate surface area is 94.8 Å². The highest BCUT2D eigenvalue weighted by Gasteiger charge is 2.09. The Morgan fingerprint density at radius 1 is 1.47 bits per heavy atom. The SMILES string of the molecule is Cc1ccc(Cl)c(C)c1OCC(O)CN. The van der Waals surface area contributed by atoms with Crippen molar-refractivity contribution in [3.8, 4) is 5.75 Å². The average Bonchev–Trinajstić information content (AvgIpc) is 2.23. The molecular formula is C11H16ClNO2. The van der Waals surface area contributed by atoms with Gasteiger partial charge in [-0.1, -0.05) is 17.7 Å². The van der Waals surface area contributed by atoms with Crippen LogP contribution in [0.25, 0.3) is 0 Å². The van der Waals surface area contributed by atoms with E-state index in [0.29, 0.717) is 5.02 Å². The molecule has 0 fully saturated rings. The molecule has 0 bridgehead atoms. The Morgan fingerprint density at radius 2 is 2.13 bits per heavy atom. The molecule has 1 rings (SSSR count). The first-order valence-corrected chi connectivity index (χ1v) is 5.20. The smallest absolute Gasteiger partial charge is 0.126 e. The zero-order valence-corrected chi connectivity index (χ0v) is 9.71. The number of rotatable bonds is 4. The molecule has 0 aliphatic carbocycles. The van der Waals surface area contributed by atoms with Gasteiger partial charge in [0.15, 0.2) is 0 Å². The van der Waals surface area contributed by atoms with Gasteiger partial charge < -0.3 is 15.6 Å². The third-order valence-electron chi connectivity index (χ3n) is 2.23. The van der Waals surface area contributed by atoms with E-state index in [-0.39, 0.29) is 13.2 Å². The van der Waals surface area contributed by atoms with Crippen molar-refractivity contribution in [1.29, 1.82) is 0 Å². The molecule has 0 aromatic heterocycles. The molecule has 0 radical (unpaired) electrons. The third-order valence-corrected chi connectivity index (χ3v) is 2.64. The summed E-state index contributed by atoms with van der Waals surface area (Å²) < 4.78 is 5.49. The number of hydrogen-bond acceptors (Lipinski definition) is 3. The molecule has 4 heteroatoms. The van der Waals surface area contributed by atoms with Crippen molar-refractivity contribution in [3.63, 3.8) is 0 Å². The quantitative estimate of drug-likeness (QED) is 0.826. The summed E-state index contributed by atoms with van der Waals surface area (Å²) in [6, 6.07) is 3.72. The van der Waals surface area contributed by atoms with Crippen molar-refractivity contribution < 1.29 is 9.84 Å². The number of halogens is 1. The van der Waals surface area contributed by atoms with Crippen molar-refractivity contribution in [2.24, 2.45) is 5.73 Å². The van der Waals surface area contributed by atoms with E-state index < -0.39 is 6.10 Å². The molecule has 3 nitrogen and oxygen atoms in total. The second kappa shape index (κ2) is 5.35. The third kappa shape index (κ3) is 3.09. The molecule has 3 N–H and O–H groups in total. The van der Waals surface area contributed by atoms with Gasteiger partial charge in [0.2, 0.25) is 0 Å². The summed E-state index contributed by atoms with van der Waals surface area (Å²) in [4.78, 5) is 0. The highest BCUT2D eigenvalue weighted by Crippen LogP contribution is 2.29. The van der Waals surface area contributed by atoms with Crippen LogP contribution in [0.4, 0.5) is 0 Å². The maximum Gasteiger partial charge on any atom is 0.126 e. The molecule has 0 spiro atoms. The molecule has 15 heavy (non-hydrogen) atoms. The van der Waals surface area contributed by atoms with Crippen LogP contribution >= 0.6 is 11.6 Å². The highest BCUT2D eigenvalue weighted by atomic mass is 35.5. The van der Waals surface area contributed by atoms with Crippen LogP contribution in [-0.2, 0) is 0 Å². The van der Waals surface area contributed by atoms with Gasteiger partial charge in [-0.25, -0.2) is 0 Å². The maximum atomic E-state index is 9.29. The highest BCUT2D eigenvalue weighted by molar-refractivity contribution is 6.31. The largest absolute Gasteiger partial charge is 0.490 e. The number of nitrogens with two attached hydrogens (primary N) is 1. The van der Waals surface area contributed by atoms with Crippen LogP contribution in [-0.4, -0.2) is 24.4 Å². The summed E-state index contributed by atoms with van der Waals surface area (Å²) in [5.74, 6) is 0.731. The summed E-state index contributed by atoms with van der Waals surface area (Å²) in [7, 11) is 0. The van der Waals surface area contributed by atoms with Crippen LogP contribution in [0.2, 0.25) is 5.02 Å². The molecule has 0 saturated heterocycles. The summed E-state index contributed by atoms with van der Waals surface area (Å²) in [6.45, 7) is 4.21. The van der Waals surface area contributed by atoms with Crippen molar-refractivity contribution in [3.05, 3.63) is 28.3 Å². The number of ether oxygens (including phenoxy) is 1. The first kappa shape index (κ1) is 12.3. The Hall–Kier alpha value is -0.770. The van der Waals surface area contributed by atoms with Gasteiger partial charge in [-0.3, -0.25) is 0 Å². The van der Waals surface area contributed by atoms with Crippen molar-refractivity contribution in [2.75, 3.05) is 13.2 Å². The Bertz CT molecular complexity index is 342. The lowest BCUT2D eigenvalue weighted by Gasteiger charge is -2.15. The Morgan fingerprint density at radius 3 is 2.73 bits per heavy atom. The summed E-state index contributed by atoms with van der Waals surface area (Å²) in [6.07, 6.45) is -0.636. The van der Waals surface area contributed by atoms with Gasteiger partial charge in [0.25, 0.3) is 0 Å². The molecule has 1 aromatic rings. The number of hydrogen-bond donors (Lipinski definition) is 2. The summed E-state index contributed by atoms with van der Waals surface area (Å²) in [5.41, 5.74) is 7.18. The van der Waals surface area contributed by atoms with E-state index in [0.717, 1.165) is 16.9 Å². The normalized spacial score (nSPS) is 12.6. The van der Waals surface area contributed by atoms with E-state index in [2.05, 4.69) is 0 Å².